The largest absolute Gasteiger partial charge is 0.379 e. The van der Waals surface area contributed by atoms with E-state index in [1.54, 1.807) is 0 Å². The first-order valence-corrected chi connectivity index (χ1v) is 8.45. The fraction of sp³-hybridized carbons (Fsp3) is 0.529. The zero-order chi connectivity index (χ0) is 13.9. The Morgan fingerprint density at radius 2 is 2.20 bits per heavy atom. The number of ether oxygens (including phenoxy) is 1. The van der Waals surface area contributed by atoms with Crippen LogP contribution in [0.15, 0.2) is 29.6 Å². The Kier molecular flexibility index (Phi) is 4.39. The molecule has 108 valence electrons. The average Bonchev–Trinajstić information content (AvgIpc) is 3.19. The molecule has 1 heterocycles. The highest BCUT2D eigenvalue weighted by Crippen LogP contribution is 2.41. The summed E-state index contributed by atoms with van der Waals surface area (Å²) in [7, 11) is 1.86. The Bertz CT molecular complexity index is 561. The maximum atomic E-state index is 5.86. The molecule has 1 aliphatic carbocycles. The molecule has 2 atom stereocenters. The lowest BCUT2D eigenvalue weighted by Gasteiger charge is -2.28. The Balaban J connectivity index is 1.96. The van der Waals surface area contributed by atoms with Crippen LogP contribution in [0.1, 0.15) is 37.8 Å². The van der Waals surface area contributed by atoms with Gasteiger partial charge in [-0.3, -0.25) is 0 Å². The maximum absolute atomic E-state index is 5.86. The van der Waals surface area contributed by atoms with Crippen LogP contribution in [-0.4, -0.2) is 19.8 Å². The number of benzene rings is 1. The summed E-state index contributed by atoms with van der Waals surface area (Å²) in [4.78, 5) is 0. The highest BCUT2D eigenvalue weighted by atomic mass is 32.1. The van der Waals surface area contributed by atoms with Crippen LogP contribution in [0.2, 0.25) is 0 Å². The van der Waals surface area contributed by atoms with Crippen LogP contribution in [0, 0.1) is 5.92 Å². The molecule has 1 aromatic carbocycles. The molecule has 0 saturated heterocycles. The quantitative estimate of drug-likeness (QED) is 0.817. The molecule has 2 aromatic rings. The van der Waals surface area contributed by atoms with E-state index in [-0.39, 0.29) is 0 Å². The standard InChI is InChI=1S/C17H23NOS/c1-3-10-18-15(16(19-2)12-7-8-12)14-6-4-5-13-9-11-20-17(13)14/h4-6,9,11-12,15-16,18H,3,7-8,10H2,1-2H3. The molecule has 2 unspecified atom stereocenters. The van der Waals surface area contributed by atoms with Crippen molar-refractivity contribution in [3.8, 4) is 0 Å². The molecule has 1 fully saturated rings. The fourth-order valence-electron chi connectivity index (χ4n) is 2.99. The molecular formula is C17H23NOS. The second-order valence-corrected chi connectivity index (χ2v) is 6.57. The maximum Gasteiger partial charge on any atom is 0.0794 e. The van der Waals surface area contributed by atoms with Gasteiger partial charge < -0.3 is 10.1 Å². The van der Waals surface area contributed by atoms with Gasteiger partial charge >= 0.3 is 0 Å². The van der Waals surface area contributed by atoms with Crippen LogP contribution in [-0.2, 0) is 4.74 Å². The minimum Gasteiger partial charge on any atom is -0.379 e. The van der Waals surface area contributed by atoms with E-state index in [4.69, 9.17) is 4.74 Å². The summed E-state index contributed by atoms with van der Waals surface area (Å²) in [5.74, 6) is 0.726. The predicted octanol–water partition coefficient (Wildman–Crippen LogP) is 4.37. The van der Waals surface area contributed by atoms with E-state index in [1.807, 2.05) is 18.4 Å². The van der Waals surface area contributed by atoms with Crippen molar-refractivity contribution in [2.24, 2.45) is 5.92 Å². The molecule has 1 aliphatic rings. The first-order valence-electron chi connectivity index (χ1n) is 7.57. The normalized spacial score (nSPS) is 18.3. The van der Waals surface area contributed by atoms with E-state index >= 15 is 0 Å². The molecule has 2 nitrogen and oxygen atoms in total. The van der Waals surface area contributed by atoms with Crippen molar-refractivity contribution in [3.63, 3.8) is 0 Å². The molecule has 0 aliphatic heterocycles. The van der Waals surface area contributed by atoms with Gasteiger partial charge in [0.1, 0.15) is 0 Å². The van der Waals surface area contributed by atoms with Crippen LogP contribution < -0.4 is 5.32 Å². The molecule has 0 radical (unpaired) electrons. The summed E-state index contributed by atoms with van der Waals surface area (Å²) >= 11 is 1.84. The lowest BCUT2D eigenvalue weighted by Crippen LogP contribution is -2.35. The van der Waals surface area contributed by atoms with E-state index in [2.05, 4.69) is 41.9 Å². The van der Waals surface area contributed by atoms with Gasteiger partial charge in [-0.05, 0) is 54.1 Å². The van der Waals surface area contributed by atoms with Crippen molar-refractivity contribution < 1.29 is 4.74 Å². The molecule has 1 N–H and O–H groups in total. The summed E-state index contributed by atoms with van der Waals surface area (Å²) in [5, 5.41) is 7.25. The smallest absolute Gasteiger partial charge is 0.0794 e. The molecule has 3 rings (SSSR count). The van der Waals surface area contributed by atoms with Crippen molar-refractivity contribution in [3.05, 3.63) is 35.2 Å². The first kappa shape index (κ1) is 14.1. The van der Waals surface area contributed by atoms with E-state index in [0.717, 1.165) is 18.9 Å². The van der Waals surface area contributed by atoms with Crippen molar-refractivity contribution in [1.82, 2.24) is 5.32 Å². The number of thiophene rings is 1. The number of hydrogen-bond acceptors (Lipinski definition) is 3. The summed E-state index contributed by atoms with van der Waals surface area (Å²) in [5.41, 5.74) is 1.41. The third kappa shape index (κ3) is 2.76. The zero-order valence-corrected chi connectivity index (χ0v) is 13.1. The minimum atomic E-state index is 0.300. The van der Waals surface area contributed by atoms with Gasteiger partial charge in [-0.15, -0.1) is 11.3 Å². The number of fused-ring (bicyclic) bond motifs is 1. The van der Waals surface area contributed by atoms with Gasteiger partial charge in [0.15, 0.2) is 0 Å². The Hall–Kier alpha value is -0.900. The Morgan fingerprint density at radius 1 is 1.35 bits per heavy atom. The number of rotatable bonds is 7. The molecule has 0 bridgehead atoms. The number of hydrogen-bond donors (Lipinski definition) is 1. The van der Waals surface area contributed by atoms with Gasteiger partial charge in [-0.2, -0.15) is 0 Å². The summed E-state index contributed by atoms with van der Waals surface area (Å²) < 4.78 is 7.26. The van der Waals surface area contributed by atoms with Gasteiger partial charge in [0.25, 0.3) is 0 Å². The number of nitrogens with one attached hydrogen (secondary N) is 1. The van der Waals surface area contributed by atoms with Crippen LogP contribution in [0.3, 0.4) is 0 Å². The van der Waals surface area contributed by atoms with Crippen LogP contribution in [0.5, 0.6) is 0 Å². The fourth-order valence-corrected chi connectivity index (χ4v) is 3.94. The van der Waals surface area contributed by atoms with Gasteiger partial charge in [0.2, 0.25) is 0 Å². The Labute approximate surface area is 125 Å². The van der Waals surface area contributed by atoms with Gasteiger partial charge in [0.05, 0.1) is 12.1 Å². The average molecular weight is 289 g/mol. The SMILES string of the molecule is CCCNC(c1cccc2ccsc12)C(OC)C1CC1. The van der Waals surface area contributed by atoms with E-state index < -0.39 is 0 Å². The van der Waals surface area contributed by atoms with Crippen molar-refractivity contribution in [1.29, 1.82) is 0 Å². The topological polar surface area (TPSA) is 21.3 Å². The van der Waals surface area contributed by atoms with E-state index in [1.165, 1.54) is 28.5 Å². The number of methoxy groups -OCH3 is 1. The van der Waals surface area contributed by atoms with Gasteiger partial charge in [-0.25, -0.2) is 0 Å². The molecule has 1 saturated carbocycles. The first-order chi connectivity index (χ1) is 9.85. The summed E-state index contributed by atoms with van der Waals surface area (Å²) in [6.07, 6.45) is 4.07. The van der Waals surface area contributed by atoms with E-state index in [9.17, 15) is 0 Å². The van der Waals surface area contributed by atoms with Crippen molar-refractivity contribution >= 4 is 21.4 Å². The lowest BCUT2D eigenvalue weighted by atomic mass is 9.96. The van der Waals surface area contributed by atoms with Crippen molar-refractivity contribution in [2.45, 2.75) is 38.3 Å². The monoisotopic (exact) mass is 289 g/mol. The predicted molar refractivity (Wildman–Crippen MR) is 86.4 cm³/mol. The van der Waals surface area contributed by atoms with Crippen molar-refractivity contribution in [2.75, 3.05) is 13.7 Å². The molecule has 3 heteroatoms. The second kappa shape index (κ2) is 6.25. The highest BCUT2D eigenvalue weighted by Gasteiger charge is 2.37. The summed E-state index contributed by atoms with van der Waals surface area (Å²) in [6.45, 7) is 3.26. The third-order valence-electron chi connectivity index (χ3n) is 4.15. The zero-order valence-electron chi connectivity index (χ0n) is 12.3. The lowest BCUT2D eigenvalue weighted by molar-refractivity contribution is 0.0511. The summed E-state index contributed by atoms with van der Waals surface area (Å²) in [6, 6.07) is 9.16. The third-order valence-corrected chi connectivity index (χ3v) is 5.13. The van der Waals surface area contributed by atoms with Crippen LogP contribution in [0.4, 0.5) is 0 Å². The second-order valence-electron chi connectivity index (χ2n) is 5.66. The molecule has 0 amide bonds. The molecule has 20 heavy (non-hydrogen) atoms. The van der Waals surface area contributed by atoms with E-state index in [0.29, 0.717) is 12.1 Å². The molecule has 0 spiro atoms. The van der Waals surface area contributed by atoms with Crippen LogP contribution in [0.25, 0.3) is 10.1 Å². The Morgan fingerprint density at radius 3 is 2.90 bits per heavy atom. The van der Waals surface area contributed by atoms with Crippen LogP contribution >= 0.6 is 11.3 Å². The minimum absolute atomic E-state index is 0.300. The van der Waals surface area contributed by atoms with Gasteiger partial charge in [-0.1, -0.05) is 25.1 Å². The van der Waals surface area contributed by atoms with Gasteiger partial charge in [0, 0.05) is 11.8 Å². The molecular weight excluding hydrogens is 266 g/mol. The molecule has 1 aromatic heterocycles. The highest BCUT2D eigenvalue weighted by molar-refractivity contribution is 7.17.